The molecule has 2 heterocycles. The molecule has 1 saturated heterocycles. The van der Waals surface area contributed by atoms with Gasteiger partial charge in [0, 0.05) is 44.2 Å². The predicted octanol–water partition coefficient (Wildman–Crippen LogP) is -0.0838. The third-order valence-corrected chi connectivity index (χ3v) is 4.26. The van der Waals surface area contributed by atoms with Crippen LogP contribution in [-0.2, 0) is 0 Å². The lowest BCUT2D eigenvalue weighted by atomic mass is 10.3. The van der Waals surface area contributed by atoms with Crippen molar-refractivity contribution in [1.29, 1.82) is 0 Å². The number of aliphatic hydroxyl groups excluding tert-OH is 1. The van der Waals surface area contributed by atoms with Crippen molar-refractivity contribution in [1.82, 2.24) is 19.0 Å². The van der Waals surface area contributed by atoms with Gasteiger partial charge in [-0.15, -0.1) is 4.37 Å². The number of nitrogens with zero attached hydrogens (tertiary/aromatic N) is 3. The van der Waals surface area contributed by atoms with Gasteiger partial charge >= 0.3 is 0 Å². The second-order valence-corrected chi connectivity index (χ2v) is 6.15. The molecule has 0 radical (unpaired) electrons. The smallest absolute Gasteiger partial charge is 0.245 e. The third-order valence-electron chi connectivity index (χ3n) is 2.85. The molecular weight excluding hydrogens is 284 g/mol. The van der Waals surface area contributed by atoms with E-state index < -0.39 is 6.10 Å². The van der Waals surface area contributed by atoms with Gasteiger partial charge in [-0.3, -0.25) is 0 Å². The summed E-state index contributed by atoms with van der Waals surface area (Å²) >= 11 is 3.12. The van der Waals surface area contributed by atoms with Crippen LogP contribution in [0, 0.1) is 0 Å². The highest BCUT2D eigenvalue weighted by Crippen LogP contribution is 2.08. The average Bonchev–Trinajstić information content (AvgIpc) is 2.96. The number of thioether (sulfide) groups is 1. The molecule has 19 heavy (non-hydrogen) atoms. The predicted molar refractivity (Wildman–Crippen MR) is 78.0 cm³/mol. The Bertz CT molecular complexity index is 333. The molecule has 1 fully saturated rings. The molecule has 0 saturated carbocycles. The van der Waals surface area contributed by atoms with E-state index in [9.17, 15) is 5.11 Å². The van der Waals surface area contributed by atoms with Crippen LogP contribution in [-0.4, -0.2) is 75.7 Å². The van der Waals surface area contributed by atoms with Gasteiger partial charge in [-0.2, -0.15) is 16.1 Å². The lowest BCUT2D eigenvalue weighted by Gasteiger charge is -2.26. The summed E-state index contributed by atoms with van der Waals surface area (Å²) in [7, 11) is 0. The highest BCUT2D eigenvalue weighted by molar-refractivity contribution is 7.99. The van der Waals surface area contributed by atoms with Crippen molar-refractivity contribution < 1.29 is 9.84 Å². The molecule has 0 amide bonds. The zero-order chi connectivity index (χ0) is 13.3. The first-order chi connectivity index (χ1) is 9.34. The summed E-state index contributed by atoms with van der Waals surface area (Å²) in [6.07, 6.45) is 1.04. The second-order valence-electron chi connectivity index (χ2n) is 4.37. The molecule has 1 aromatic heterocycles. The Labute approximate surface area is 121 Å². The largest absolute Gasteiger partial charge is 0.473 e. The molecule has 1 aromatic rings. The van der Waals surface area contributed by atoms with Gasteiger partial charge in [0.2, 0.25) is 5.88 Å². The molecule has 8 heteroatoms. The van der Waals surface area contributed by atoms with E-state index in [0.29, 0.717) is 12.4 Å². The Morgan fingerprint density at radius 2 is 2.32 bits per heavy atom. The van der Waals surface area contributed by atoms with Crippen molar-refractivity contribution in [3.63, 3.8) is 0 Å². The average molecular weight is 304 g/mol. The quantitative estimate of drug-likeness (QED) is 0.651. The van der Waals surface area contributed by atoms with Crippen LogP contribution in [0.25, 0.3) is 0 Å². The van der Waals surface area contributed by atoms with E-state index in [-0.39, 0.29) is 6.61 Å². The van der Waals surface area contributed by atoms with Crippen molar-refractivity contribution in [2.24, 2.45) is 0 Å². The van der Waals surface area contributed by atoms with E-state index >= 15 is 0 Å². The van der Waals surface area contributed by atoms with E-state index in [2.05, 4.69) is 19.0 Å². The third kappa shape index (κ3) is 6.05. The molecule has 2 N–H and O–H groups in total. The fourth-order valence-corrected chi connectivity index (χ4v) is 3.13. The molecule has 0 bridgehead atoms. The van der Waals surface area contributed by atoms with Crippen LogP contribution in [0.4, 0.5) is 0 Å². The van der Waals surface area contributed by atoms with Gasteiger partial charge in [-0.05, 0) is 0 Å². The van der Waals surface area contributed by atoms with Crippen molar-refractivity contribution in [2.75, 3.05) is 50.8 Å². The summed E-state index contributed by atoms with van der Waals surface area (Å²) in [5, 5.41) is 13.0. The highest BCUT2D eigenvalue weighted by Gasteiger charge is 2.10. The van der Waals surface area contributed by atoms with Crippen molar-refractivity contribution in [3.8, 4) is 5.88 Å². The van der Waals surface area contributed by atoms with Crippen LogP contribution < -0.4 is 10.1 Å². The fraction of sp³-hybridized carbons (Fsp3) is 0.818. The summed E-state index contributed by atoms with van der Waals surface area (Å²) in [5.74, 6) is 2.95. The van der Waals surface area contributed by atoms with Gasteiger partial charge in [-0.1, -0.05) is 0 Å². The van der Waals surface area contributed by atoms with Gasteiger partial charge in [0.15, 0.2) is 0 Å². The van der Waals surface area contributed by atoms with Crippen LogP contribution in [0.1, 0.15) is 0 Å². The topological polar surface area (TPSA) is 70.5 Å². The van der Waals surface area contributed by atoms with Gasteiger partial charge in [-0.25, -0.2) is 0 Å². The number of aliphatic hydroxyl groups is 1. The van der Waals surface area contributed by atoms with Crippen LogP contribution in [0.3, 0.4) is 0 Å². The number of hydrogen-bond acceptors (Lipinski definition) is 8. The first-order valence-corrected chi connectivity index (χ1v) is 8.32. The lowest BCUT2D eigenvalue weighted by Crippen LogP contribution is -2.40. The zero-order valence-corrected chi connectivity index (χ0v) is 12.5. The van der Waals surface area contributed by atoms with Gasteiger partial charge in [0.25, 0.3) is 0 Å². The Hall–Kier alpha value is -0.410. The molecule has 0 aliphatic carbocycles. The minimum Gasteiger partial charge on any atom is -0.473 e. The Morgan fingerprint density at radius 1 is 1.47 bits per heavy atom. The van der Waals surface area contributed by atoms with Gasteiger partial charge < -0.3 is 20.1 Å². The number of hydrogen-bond donors (Lipinski definition) is 2. The van der Waals surface area contributed by atoms with E-state index in [1.54, 1.807) is 6.20 Å². The van der Waals surface area contributed by atoms with Gasteiger partial charge in [0.05, 0.1) is 11.7 Å². The number of ether oxygens (including phenoxy) is 1. The van der Waals surface area contributed by atoms with E-state index in [4.69, 9.17) is 4.74 Å². The van der Waals surface area contributed by atoms with Crippen molar-refractivity contribution >= 4 is 23.5 Å². The maximum absolute atomic E-state index is 9.74. The highest BCUT2D eigenvalue weighted by atomic mass is 32.2. The van der Waals surface area contributed by atoms with Crippen LogP contribution >= 0.6 is 23.5 Å². The maximum Gasteiger partial charge on any atom is 0.245 e. The summed E-state index contributed by atoms with van der Waals surface area (Å²) in [6, 6.07) is 0. The Balaban J connectivity index is 1.48. The molecule has 6 nitrogen and oxygen atoms in total. The first-order valence-electron chi connectivity index (χ1n) is 6.44. The van der Waals surface area contributed by atoms with Crippen molar-refractivity contribution in [2.45, 2.75) is 6.10 Å². The van der Waals surface area contributed by atoms with Crippen LogP contribution in [0.15, 0.2) is 6.20 Å². The normalized spacial score (nSPS) is 18.4. The molecular formula is C11H20N4O2S2. The second kappa shape index (κ2) is 8.70. The minimum absolute atomic E-state index is 0.249. The minimum atomic E-state index is -0.515. The molecule has 1 atom stereocenters. The fourth-order valence-electron chi connectivity index (χ4n) is 1.79. The molecule has 1 unspecified atom stereocenters. The Morgan fingerprint density at radius 3 is 3.05 bits per heavy atom. The van der Waals surface area contributed by atoms with Gasteiger partial charge in [0.1, 0.15) is 18.9 Å². The number of rotatable bonds is 8. The standard InChI is InChI=1S/C11H20N4O2S2/c16-10(9-17-11-8-13-19-14-11)7-12-1-2-15-3-5-18-6-4-15/h8,10,12,16H,1-7,9H2. The van der Waals surface area contributed by atoms with Crippen molar-refractivity contribution in [3.05, 3.63) is 6.20 Å². The maximum atomic E-state index is 9.74. The molecule has 1 aliphatic heterocycles. The summed E-state index contributed by atoms with van der Waals surface area (Å²) < 4.78 is 13.0. The molecule has 2 rings (SSSR count). The first kappa shape index (κ1) is 15.0. The Kier molecular flexibility index (Phi) is 6.86. The molecule has 1 aliphatic rings. The monoisotopic (exact) mass is 304 g/mol. The molecule has 0 aromatic carbocycles. The molecule has 108 valence electrons. The van der Waals surface area contributed by atoms with E-state index in [1.807, 2.05) is 11.8 Å². The van der Waals surface area contributed by atoms with E-state index in [0.717, 1.165) is 24.8 Å². The van der Waals surface area contributed by atoms with Crippen LogP contribution in [0.2, 0.25) is 0 Å². The van der Waals surface area contributed by atoms with E-state index in [1.165, 1.54) is 24.6 Å². The summed E-state index contributed by atoms with van der Waals surface area (Å²) in [6.45, 7) is 5.09. The van der Waals surface area contributed by atoms with Crippen LogP contribution in [0.5, 0.6) is 5.88 Å². The number of nitrogens with one attached hydrogen (secondary N) is 1. The molecule has 0 spiro atoms. The summed E-state index contributed by atoms with van der Waals surface area (Å²) in [5.41, 5.74) is 0. The lowest BCUT2D eigenvalue weighted by molar-refractivity contribution is 0.104. The summed E-state index contributed by atoms with van der Waals surface area (Å²) in [4.78, 5) is 2.45. The zero-order valence-electron chi connectivity index (χ0n) is 10.8. The number of aromatic nitrogens is 2. The SMILES string of the molecule is OC(CNCCN1CCSCC1)COc1cnsn1.